The molecule has 160 valence electrons. The molecule has 0 bridgehead atoms. The molecule has 4 heteroatoms. The minimum atomic E-state index is -1.01. The molecular formula is C25H36O4. The molecular weight excluding hydrogens is 364 g/mol. The summed E-state index contributed by atoms with van der Waals surface area (Å²) in [5.41, 5.74) is 0.153. The summed E-state index contributed by atoms with van der Waals surface area (Å²) in [4.78, 5) is 37.2. The molecule has 4 nitrogen and oxygen atoms in total. The van der Waals surface area contributed by atoms with E-state index in [4.69, 9.17) is 4.74 Å². The van der Waals surface area contributed by atoms with Crippen molar-refractivity contribution < 1.29 is 19.1 Å². The van der Waals surface area contributed by atoms with Gasteiger partial charge in [0.05, 0.1) is 0 Å². The Labute approximate surface area is 174 Å². The van der Waals surface area contributed by atoms with Gasteiger partial charge in [0.2, 0.25) is 0 Å². The van der Waals surface area contributed by atoms with Crippen LogP contribution in [0.25, 0.3) is 0 Å². The SMILES string of the molecule is CC(=O)O[C@]1(C(C)=O)[C@H](C)CC[C@H]2[C@@H]3CCC4=CC(=O)CC[C@@]4(C)[C@H]3CC[C@@]21C. The van der Waals surface area contributed by atoms with Crippen molar-refractivity contribution in [3.63, 3.8) is 0 Å². The molecule has 7 atom stereocenters. The van der Waals surface area contributed by atoms with Crippen molar-refractivity contribution in [2.45, 2.75) is 91.6 Å². The van der Waals surface area contributed by atoms with Gasteiger partial charge in [-0.25, -0.2) is 0 Å². The smallest absolute Gasteiger partial charge is 0.303 e. The third-order valence-electron chi connectivity index (χ3n) is 9.63. The first kappa shape index (κ1) is 20.8. The van der Waals surface area contributed by atoms with E-state index in [0.717, 1.165) is 44.9 Å². The topological polar surface area (TPSA) is 60.4 Å². The zero-order valence-corrected chi connectivity index (χ0v) is 18.7. The molecule has 29 heavy (non-hydrogen) atoms. The van der Waals surface area contributed by atoms with Crippen LogP contribution < -0.4 is 0 Å². The van der Waals surface area contributed by atoms with E-state index in [2.05, 4.69) is 20.8 Å². The van der Waals surface area contributed by atoms with Gasteiger partial charge in [-0.15, -0.1) is 0 Å². The molecule has 0 aromatic heterocycles. The van der Waals surface area contributed by atoms with Gasteiger partial charge in [0.15, 0.2) is 17.2 Å². The van der Waals surface area contributed by atoms with Gasteiger partial charge in [0.1, 0.15) is 0 Å². The zero-order chi connectivity index (χ0) is 21.2. The molecule has 0 unspecified atom stereocenters. The number of Topliss-reactive ketones (excluding diaryl/α,β-unsaturated/α-hetero) is 1. The molecule has 0 aromatic carbocycles. The molecule has 0 saturated heterocycles. The summed E-state index contributed by atoms with van der Waals surface area (Å²) in [5, 5.41) is 0. The van der Waals surface area contributed by atoms with Crippen LogP contribution in [0.4, 0.5) is 0 Å². The Kier molecular flexibility index (Phi) is 4.87. The monoisotopic (exact) mass is 400 g/mol. The quantitative estimate of drug-likeness (QED) is 0.609. The highest BCUT2D eigenvalue weighted by atomic mass is 16.6. The van der Waals surface area contributed by atoms with Gasteiger partial charge in [0, 0.05) is 24.7 Å². The Hall–Kier alpha value is -1.45. The molecule has 0 amide bonds. The predicted molar refractivity (Wildman–Crippen MR) is 111 cm³/mol. The largest absolute Gasteiger partial charge is 0.450 e. The average molecular weight is 401 g/mol. The summed E-state index contributed by atoms with van der Waals surface area (Å²) >= 11 is 0. The number of esters is 1. The Morgan fingerprint density at radius 1 is 1.00 bits per heavy atom. The van der Waals surface area contributed by atoms with Crippen LogP contribution in [0.2, 0.25) is 0 Å². The van der Waals surface area contributed by atoms with E-state index in [9.17, 15) is 14.4 Å². The average Bonchev–Trinajstić information content (AvgIpc) is 2.64. The van der Waals surface area contributed by atoms with E-state index in [-0.39, 0.29) is 34.3 Å². The van der Waals surface area contributed by atoms with Crippen molar-refractivity contribution in [2.24, 2.45) is 34.5 Å². The first-order valence-electron chi connectivity index (χ1n) is 11.5. The Balaban J connectivity index is 1.75. The lowest BCUT2D eigenvalue weighted by molar-refractivity contribution is -0.227. The van der Waals surface area contributed by atoms with Crippen molar-refractivity contribution in [1.82, 2.24) is 0 Å². The van der Waals surface area contributed by atoms with Gasteiger partial charge in [-0.3, -0.25) is 14.4 Å². The fraction of sp³-hybridized carbons (Fsp3) is 0.800. The maximum Gasteiger partial charge on any atom is 0.303 e. The maximum absolute atomic E-state index is 13.1. The number of carbonyl (C=O) groups excluding carboxylic acids is 3. The Morgan fingerprint density at radius 2 is 1.72 bits per heavy atom. The van der Waals surface area contributed by atoms with Crippen LogP contribution in [-0.4, -0.2) is 23.1 Å². The third-order valence-corrected chi connectivity index (χ3v) is 9.63. The van der Waals surface area contributed by atoms with Crippen LogP contribution >= 0.6 is 0 Å². The molecule has 0 N–H and O–H groups in total. The Bertz CT molecular complexity index is 782. The van der Waals surface area contributed by atoms with Crippen molar-refractivity contribution in [2.75, 3.05) is 0 Å². The molecule has 4 aliphatic carbocycles. The molecule has 0 aliphatic heterocycles. The third kappa shape index (κ3) is 2.73. The summed E-state index contributed by atoms with van der Waals surface area (Å²) in [6.07, 6.45) is 9.61. The van der Waals surface area contributed by atoms with Crippen LogP contribution in [-0.2, 0) is 19.1 Å². The molecule has 0 aromatic rings. The highest BCUT2D eigenvalue weighted by Crippen LogP contribution is 2.67. The lowest BCUT2D eigenvalue weighted by atomic mass is 9.40. The second-order valence-corrected chi connectivity index (χ2v) is 10.8. The first-order valence-corrected chi connectivity index (χ1v) is 11.5. The number of fused-ring (bicyclic) bond motifs is 5. The normalized spacial score (nSPS) is 46.7. The molecule has 0 spiro atoms. The van der Waals surface area contributed by atoms with E-state index >= 15 is 0 Å². The van der Waals surface area contributed by atoms with Gasteiger partial charge in [-0.05, 0) is 81.1 Å². The second kappa shape index (κ2) is 6.78. The number of carbonyl (C=O) groups is 3. The number of hydrogen-bond acceptors (Lipinski definition) is 4. The highest BCUT2D eigenvalue weighted by molar-refractivity contribution is 5.91. The van der Waals surface area contributed by atoms with E-state index in [1.54, 1.807) is 6.92 Å². The standard InChI is InChI=1S/C25H36O4/c1-15-6-9-22-20-8-7-18-14-19(28)10-12-23(18,4)21(20)11-13-24(22,5)25(15,16(2)26)29-17(3)27/h14-15,20-22H,6-13H2,1-5H3/t15-,20-,21+,22+,23-,24+,25+/m1/s1. The van der Waals surface area contributed by atoms with Gasteiger partial charge in [0.25, 0.3) is 0 Å². The number of ether oxygens (including phenoxy) is 1. The summed E-state index contributed by atoms with van der Waals surface area (Å²) in [6.45, 7) is 9.75. The molecule has 4 aliphatic rings. The molecule has 0 radical (unpaired) electrons. The van der Waals surface area contributed by atoms with Crippen LogP contribution in [0.5, 0.6) is 0 Å². The fourth-order valence-corrected chi connectivity index (χ4v) is 8.33. The van der Waals surface area contributed by atoms with Crippen LogP contribution in [0.15, 0.2) is 11.6 Å². The Morgan fingerprint density at radius 3 is 2.38 bits per heavy atom. The first-order chi connectivity index (χ1) is 13.6. The van der Waals surface area contributed by atoms with Crippen molar-refractivity contribution >= 4 is 17.5 Å². The maximum atomic E-state index is 13.1. The zero-order valence-electron chi connectivity index (χ0n) is 18.7. The van der Waals surface area contributed by atoms with Gasteiger partial charge < -0.3 is 4.74 Å². The van der Waals surface area contributed by atoms with Crippen LogP contribution in [0.3, 0.4) is 0 Å². The number of ketones is 2. The van der Waals surface area contributed by atoms with Gasteiger partial charge in [-0.2, -0.15) is 0 Å². The van der Waals surface area contributed by atoms with Crippen molar-refractivity contribution in [3.8, 4) is 0 Å². The van der Waals surface area contributed by atoms with Crippen LogP contribution in [0.1, 0.15) is 86.0 Å². The van der Waals surface area contributed by atoms with E-state index in [0.29, 0.717) is 24.2 Å². The van der Waals surface area contributed by atoms with Gasteiger partial charge >= 0.3 is 5.97 Å². The summed E-state index contributed by atoms with van der Waals surface area (Å²) < 4.78 is 6.01. The molecule has 4 rings (SSSR count). The summed E-state index contributed by atoms with van der Waals surface area (Å²) in [5.74, 6) is 1.48. The lowest BCUT2D eigenvalue weighted by Gasteiger charge is -2.65. The number of hydrogen-bond donors (Lipinski definition) is 0. The summed E-state index contributed by atoms with van der Waals surface area (Å²) in [7, 11) is 0. The minimum Gasteiger partial charge on any atom is -0.450 e. The number of rotatable bonds is 2. The minimum absolute atomic E-state index is 0.0109. The second-order valence-electron chi connectivity index (χ2n) is 10.8. The fourth-order valence-electron chi connectivity index (χ4n) is 8.33. The molecule has 3 saturated carbocycles. The van der Waals surface area contributed by atoms with Crippen molar-refractivity contribution in [3.05, 3.63) is 11.6 Å². The van der Waals surface area contributed by atoms with E-state index in [1.165, 1.54) is 12.5 Å². The van der Waals surface area contributed by atoms with Gasteiger partial charge in [-0.1, -0.05) is 26.3 Å². The molecule has 3 fully saturated rings. The predicted octanol–water partition coefficient (Wildman–Crippen LogP) is 5.05. The van der Waals surface area contributed by atoms with E-state index in [1.807, 2.05) is 6.08 Å². The van der Waals surface area contributed by atoms with E-state index < -0.39 is 5.60 Å². The highest BCUT2D eigenvalue weighted by Gasteiger charge is 2.67. The summed E-state index contributed by atoms with van der Waals surface area (Å²) in [6, 6.07) is 0. The number of allylic oxidation sites excluding steroid dienone is 2. The molecule has 0 heterocycles. The lowest BCUT2D eigenvalue weighted by Crippen LogP contribution is -2.67. The van der Waals surface area contributed by atoms with Crippen molar-refractivity contribution in [1.29, 1.82) is 0 Å². The van der Waals surface area contributed by atoms with Crippen LogP contribution in [0, 0.1) is 34.5 Å².